The van der Waals surface area contributed by atoms with Crippen molar-refractivity contribution in [2.75, 3.05) is 13.1 Å². The van der Waals surface area contributed by atoms with Crippen LogP contribution in [0.1, 0.15) is 59.3 Å². The van der Waals surface area contributed by atoms with E-state index in [0.717, 1.165) is 18.9 Å². The monoisotopic (exact) mass is 255 g/mol. The molecule has 0 heterocycles. The highest BCUT2D eigenvalue weighted by molar-refractivity contribution is 5.85. The highest BCUT2D eigenvalue weighted by atomic mass is 16.4. The second-order valence-corrected chi connectivity index (χ2v) is 6.09. The summed E-state index contributed by atoms with van der Waals surface area (Å²) in [7, 11) is 0. The van der Waals surface area contributed by atoms with Gasteiger partial charge in [0.2, 0.25) is 0 Å². The van der Waals surface area contributed by atoms with Crippen molar-refractivity contribution < 1.29 is 5.21 Å². The first-order valence-electron chi connectivity index (χ1n) is 7.23. The molecule has 0 radical (unpaired) electrons. The van der Waals surface area contributed by atoms with E-state index >= 15 is 0 Å². The van der Waals surface area contributed by atoms with Crippen molar-refractivity contribution in [3.05, 3.63) is 0 Å². The predicted molar refractivity (Wildman–Crippen MR) is 75.9 cm³/mol. The smallest absolute Gasteiger partial charge is 0.144 e. The lowest BCUT2D eigenvalue weighted by Crippen LogP contribution is -2.32. The summed E-state index contributed by atoms with van der Waals surface area (Å²) in [5.41, 5.74) is 5.50. The number of nitrogens with zero attached hydrogens (tertiary/aromatic N) is 2. The fourth-order valence-corrected chi connectivity index (χ4v) is 2.35. The molecule has 0 aromatic rings. The third kappa shape index (κ3) is 4.84. The van der Waals surface area contributed by atoms with Crippen molar-refractivity contribution in [1.82, 2.24) is 4.90 Å². The van der Waals surface area contributed by atoms with Gasteiger partial charge in [-0.05, 0) is 45.2 Å². The second kappa shape index (κ2) is 6.98. The van der Waals surface area contributed by atoms with Crippen molar-refractivity contribution in [2.24, 2.45) is 16.3 Å². The largest absolute Gasteiger partial charge is 0.409 e. The molecule has 4 nitrogen and oxygen atoms in total. The third-order valence-electron chi connectivity index (χ3n) is 3.87. The van der Waals surface area contributed by atoms with Crippen LogP contribution < -0.4 is 5.73 Å². The van der Waals surface area contributed by atoms with Gasteiger partial charge in [-0.25, -0.2) is 0 Å². The van der Waals surface area contributed by atoms with E-state index in [0.29, 0.717) is 5.84 Å². The van der Waals surface area contributed by atoms with Gasteiger partial charge in [-0.1, -0.05) is 32.3 Å². The fraction of sp³-hybridized carbons (Fsp3) is 0.929. The first-order chi connectivity index (χ1) is 8.51. The molecule has 3 N–H and O–H groups in total. The number of rotatable bonds is 9. The molecule has 18 heavy (non-hydrogen) atoms. The Morgan fingerprint density at radius 2 is 2.00 bits per heavy atom. The zero-order chi connectivity index (χ0) is 13.6. The lowest BCUT2D eigenvalue weighted by molar-refractivity contribution is 0.252. The molecular formula is C14H29N3O. The topological polar surface area (TPSA) is 61.8 Å². The van der Waals surface area contributed by atoms with E-state index in [1.54, 1.807) is 0 Å². The summed E-state index contributed by atoms with van der Waals surface area (Å²) < 4.78 is 0. The number of amidine groups is 1. The van der Waals surface area contributed by atoms with E-state index in [9.17, 15) is 0 Å². The Kier molecular flexibility index (Phi) is 5.93. The number of hydrogen-bond donors (Lipinski definition) is 2. The van der Waals surface area contributed by atoms with Gasteiger partial charge in [-0.15, -0.1) is 0 Å². The molecule has 1 saturated carbocycles. The molecule has 0 spiro atoms. The standard InChI is InChI=1S/C14H29N3O/c1-4-10-17(12-7-8-12)11-6-5-9-14(2,3)13(15)16-18/h12,18H,4-11H2,1-3H3,(H2,15,16). The summed E-state index contributed by atoms with van der Waals surface area (Å²) >= 11 is 0. The van der Waals surface area contributed by atoms with E-state index in [2.05, 4.69) is 17.0 Å². The van der Waals surface area contributed by atoms with E-state index in [4.69, 9.17) is 10.9 Å². The molecule has 1 aliphatic carbocycles. The molecular weight excluding hydrogens is 226 g/mol. The maximum Gasteiger partial charge on any atom is 0.144 e. The first-order valence-corrected chi connectivity index (χ1v) is 7.23. The maximum atomic E-state index is 8.72. The summed E-state index contributed by atoms with van der Waals surface area (Å²) in [6, 6.07) is 0.863. The highest BCUT2D eigenvalue weighted by Crippen LogP contribution is 2.28. The Balaban J connectivity index is 2.20. The average molecular weight is 255 g/mol. The van der Waals surface area contributed by atoms with Gasteiger partial charge in [0.25, 0.3) is 0 Å². The van der Waals surface area contributed by atoms with Gasteiger partial charge >= 0.3 is 0 Å². The van der Waals surface area contributed by atoms with Gasteiger partial charge < -0.3 is 15.8 Å². The van der Waals surface area contributed by atoms with Gasteiger partial charge in [0.1, 0.15) is 5.84 Å². The van der Waals surface area contributed by atoms with Crippen molar-refractivity contribution in [3.63, 3.8) is 0 Å². The molecule has 4 heteroatoms. The Hall–Kier alpha value is -0.770. The van der Waals surface area contributed by atoms with E-state index in [1.165, 1.54) is 38.8 Å². The summed E-state index contributed by atoms with van der Waals surface area (Å²) in [5.74, 6) is 0.343. The van der Waals surface area contributed by atoms with Crippen molar-refractivity contribution in [3.8, 4) is 0 Å². The minimum Gasteiger partial charge on any atom is -0.409 e. The molecule has 1 fully saturated rings. The Morgan fingerprint density at radius 1 is 1.33 bits per heavy atom. The quantitative estimate of drug-likeness (QED) is 0.219. The summed E-state index contributed by atoms with van der Waals surface area (Å²) in [6.45, 7) is 8.75. The zero-order valence-corrected chi connectivity index (χ0v) is 12.2. The Labute approximate surface area is 111 Å². The molecule has 0 aromatic heterocycles. The second-order valence-electron chi connectivity index (χ2n) is 6.09. The van der Waals surface area contributed by atoms with Crippen LogP contribution in [0.4, 0.5) is 0 Å². The molecule has 0 aliphatic heterocycles. The average Bonchev–Trinajstić information content (AvgIpc) is 3.16. The minimum atomic E-state index is -0.191. The van der Waals surface area contributed by atoms with Crippen LogP contribution in [0.2, 0.25) is 0 Å². The molecule has 0 aromatic carbocycles. The number of unbranched alkanes of at least 4 members (excludes halogenated alkanes) is 1. The first kappa shape index (κ1) is 15.3. The minimum absolute atomic E-state index is 0.191. The normalized spacial score (nSPS) is 17.4. The number of nitrogens with two attached hydrogens (primary N) is 1. The molecule has 0 unspecified atom stereocenters. The van der Waals surface area contributed by atoms with Crippen LogP contribution in [0.15, 0.2) is 5.16 Å². The van der Waals surface area contributed by atoms with Crippen LogP contribution >= 0.6 is 0 Å². The lowest BCUT2D eigenvalue weighted by atomic mass is 9.86. The van der Waals surface area contributed by atoms with Crippen molar-refractivity contribution in [1.29, 1.82) is 0 Å². The van der Waals surface area contributed by atoms with Gasteiger partial charge in [0, 0.05) is 11.5 Å². The Bertz CT molecular complexity index is 272. The molecule has 0 atom stereocenters. The van der Waals surface area contributed by atoms with Crippen LogP contribution in [-0.4, -0.2) is 35.1 Å². The van der Waals surface area contributed by atoms with Gasteiger partial charge in [0.05, 0.1) is 0 Å². The number of hydrogen-bond acceptors (Lipinski definition) is 3. The Morgan fingerprint density at radius 3 is 2.50 bits per heavy atom. The molecule has 0 saturated heterocycles. The van der Waals surface area contributed by atoms with Gasteiger partial charge in [-0.3, -0.25) is 0 Å². The zero-order valence-electron chi connectivity index (χ0n) is 12.2. The maximum absolute atomic E-state index is 8.72. The van der Waals surface area contributed by atoms with Gasteiger partial charge in [0.15, 0.2) is 0 Å². The molecule has 1 aliphatic rings. The predicted octanol–water partition coefficient (Wildman–Crippen LogP) is 2.80. The van der Waals surface area contributed by atoms with Gasteiger partial charge in [-0.2, -0.15) is 0 Å². The molecule has 106 valence electrons. The SMILES string of the molecule is CCCN(CCCCC(C)(C)C(N)=NO)C1CC1. The van der Waals surface area contributed by atoms with E-state index in [-0.39, 0.29) is 5.41 Å². The summed E-state index contributed by atoms with van der Waals surface area (Å²) in [6.07, 6.45) is 7.33. The highest BCUT2D eigenvalue weighted by Gasteiger charge is 2.28. The summed E-state index contributed by atoms with van der Waals surface area (Å²) in [5, 5.41) is 11.8. The van der Waals surface area contributed by atoms with E-state index < -0.39 is 0 Å². The van der Waals surface area contributed by atoms with Crippen molar-refractivity contribution >= 4 is 5.84 Å². The van der Waals surface area contributed by atoms with Crippen LogP contribution in [0.25, 0.3) is 0 Å². The molecule has 0 amide bonds. The van der Waals surface area contributed by atoms with Crippen LogP contribution in [0.3, 0.4) is 0 Å². The van der Waals surface area contributed by atoms with Crippen LogP contribution in [0, 0.1) is 5.41 Å². The number of oxime groups is 1. The molecule has 1 rings (SSSR count). The summed E-state index contributed by atoms with van der Waals surface area (Å²) in [4.78, 5) is 2.62. The lowest BCUT2D eigenvalue weighted by Gasteiger charge is -2.24. The molecule has 0 bridgehead atoms. The third-order valence-corrected chi connectivity index (χ3v) is 3.87. The van der Waals surface area contributed by atoms with Crippen molar-refractivity contribution in [2.45, 2.75) is 65.3 Å². The van der Waals surface area contributed by atoms with Crippen LogP contribution in [0.5, 0.6) is 0 Å². The fourth-order valence-electron chi connectivity index (χ4n) is 2.35. The van der Waals surface area contributed by atoms with E-state index in [1.807, 2.05) is 13.8 Å². The van der Waals surface area contributed by atoms with Crippen LogP contribution in [-0.2, 0) is 0 Å².